The summed E-state index contributed by atoms with van der Waals surface area (Å²) < 4.78 is 5.55. The lowest BCUT2D eigenvalue weighted by Gasteiger charge is -2.60. The lowest BCUT2D eigenvalue weighted by atomic mass is 9.46. The van der Waals surface area contributed by atoms with Crippen LogP contribution >= 0.6 is 0 Å². The summed E-state index contributed by atoms with van der Waals surface area (Å²) in [6.45, 7) is 9.18. The number of likely N-dealkylation sites (tertiary alicyclic amines) is 1. The fraction of sp³-hybridized carbons (Fsp3) is 0.864. The van der Waals surface area contributed by atoms with Gasteiger partial charge in [0.2, 0.25) is 0 Å². The molecule has 1 heterocycles. The molecule has 0 radical (unpaired) electrons. The van der Waals surface area contributed by atoms with Crippen LogP contribution in [0.25, 0.3) is 0 Å². The Morgan fingerprint density at radius 1 is 1.20 bits per heavy atom. The van der Waals surface area contributed by atoms with Gasteiger partial charge in [-0.1, -0.05) is 25.5 Å². The van der Waals surface area contributed by atoms with Crippen LogP contribution in [0, 0.1) is 28.6 Å². The highest BCUT2D eigenvalue weighted by molar-refractivity contribution is 5.66. The summed E-state index contributed by atoms with van der Waals surface area (Å²) >= 11 is 0. The van der Waals surface area contributed by atoms with E-state index in [2.05, 4.69) is 31.9 Å². The van der Waals surface area contributed by atoms with E-state index in [1.807, 2.05) is 0 Å². The highest BCUT2D eigenvalue weighted by atomic mass is 16.5. The standard InChI is InChI=1S/C22H35NO2/c1-15(24)25-17-7-11-22(3)16(13-17)5-6-18-19-9-12-23(4)14-21(19,2)10-8-20(18)22/h5,17-20H,6-14H2,1-4H3/t17-,18-,19-,20-,21+,22-/m0/s1. The predicted molar refractivity (Wildman–Crippen MR) is 100 cm³/mol. The number of hydrogen-bond donors (Lipinski definition) is 0. The van der Waals surface area contributed by atoms with Gasteiger partial charge in [0, 0.05) is 19.9 Å². The van der Waals surface area contributed by atoms with Gasteiger partial charge in [0.05, 0.1) is 0 Å². The van der Waals surface area contributed by atoms with Crippen molar-refractivity contribution >= 4 is 5.97 Å². The lowest BCUT2D eigenvalue weighted by Crippen LogP contribution is -2.56. The van der Waals surface area contributed by atoms with Crippen molar-refractivity contribution in [1.82, 2.24) is 4.90 Å². The molecule has 0 aromatic heterocycles. The average Bonchev–Trinajstić information content (AvgIpc) is 2.53. The van der Waals surface area contributed by atoms with Crippen molar-refractivity contribution in [1.29, 1.82) is 0 Å². The van der Waals surface area contributed by atoms with E-state index in [-0.39, 0.29) is 12.1 Å². The van der Waals surface area contributed by atoms with Crippen LogP contribution in [0.15, 0.2) is 11.6 Å². The molecule has 1 aliphatic heterocycles. The molecule has 25 heavy (non-hydrogen) atoms. The van der Waals surface area contributed by atoms with E-state index in [9.17, 15) is 4.79 Å². The molecule has 3 aliphatic carbocycles. The zero-order valence-electron chi connectivity index (χ0n) is 16.5. The van der Waals surface area contributed by atoms with E-state index >= 15 is 0 Å². The number of ether oxygens (including phenoxy) is 1. The van der Waals surface area contributed by atoms with Gasteiger partial charge in [-0.3, -0.25) is 4.79 Å². The SMILES string of the molecule is CC(=O)O[C@H]1CC[C@@]2(C)C(=CC[C@H]3[C@@H]4CCN(C)C[C@@]4(C)CC[C@@H]32)C1. The number of rotatable bonds is 1. The van der Waals surface area contributed by atoms with Crippen molar-refractivity contribution in [3.05, 3.63) is 11.6 Å². The molecule has 0 bridgehead atoms. The second-order valence-electron chi connectivity index (χ2n) is 9.95. The smallest absolute Gasteiger partial charge is 0.302 e. The summed E-state index contributed by atoms with van der Waals surface area (Å²) in [5.74, 6) is 2.48. The molecule has 0 amide bonds. The third-order valence-corrected chi connectivity index (χ3v) is 8.36. The number of allylic oxidation sites excluding steroid dienone is 1. The summed E-state index contributed by atoms with van der Waals surface area (Å²) in [6, 6.07) is 0. The van der Waals surface area contributed by atoms with E-state index in [4.69, 9.17) is 4.74 Å². The monoisotopic (exact) mass is 345 g/mol. The predicted octanol–water partition coefficient (Wildman–Crippen LogP) is 4.42. The molecule has 4 aliphatic rings. The Kier molecular flexibility index (Phi) is 4.30. The normalized spacial score (nSPS) is 47.1. The van der Waals surface area contributed by atoms with Gasteiger partial charge in [-0.25, -0.2) is 0 Å². The van der Waals surface area contributed by atoms with Crippen molar-refractivity contribution in [2.75, 3.05) is 20.1 Å². The molecular formula is C22H35NO2. The second kappa shape index (κ2) is 6.11. The lowest BCUT2D eigenvalue weighted by molar-refractivity contribution is -0.149. The van der Waals surface area contributed by atoms with E-state index < -0.39 is 0 Å². The largest absolute Gasteiger partial charge is 0.462 e. The Morgan fingerprint density at radius 3 is 2.76 bits per heavy atom. The molecule has 1 saturated heterocycles. The molecule has 0 aromatic carbocycles. The molecule has 140 valence electrons. The molecule has 0 spiro atoms. The quantitative estimate of drug-likeness (QED) is 0.520. The molecule has 0 unspecified atom stereocenters. The van der Waals surface area contributed by atoms with Crippen molar-refractivity contribution in [2.24, 2.45) is 28.6 Å². The van der Waals surface area contributed by atoms with Gasteiger partial charge in [-0.15, -0.1) is 0 Å². The molecule has 3 fully saturated rings. The van der Waals surface area contributed by atoms with Crippen molar-refractivity contribution in [3.8, 4) is 0 Å². The van der Waals surface area contributed by atoms with Crippen molar-refractivity contribution in [2.45, 2.75) is 71.8 Å². The number of nitrogens with zero attached hydrogens (tertiary/aromatic N) is 1. The average molecular weight is 346 g/mol. The summed E-state index contributed by atoms with van der Waals surface area (Å²) in [6.07, 6.45) is 11.3. The third kappa shape index (κ3) is 2.87. The minimum Gasteiger partial charge on any atom is -0.462 e. The van der Waals surface area contributed by atoms with E-state index in [0.717, 1.165) is 30.6 Å². The van der Waals surface area contributed by atoms with E-state index in [1.165, 1.54) is 45.2 Å². The first kappa shape index (κ1) is 17.6. The highest BCUT2D eigenvalue weighted by Crippen LogP contribution is 2.62. The van der Waals surface area contributed by atoms with Crippen LogP contribution in [0.5, 0.6) is 0 Å². The van der Waals surface area contributed by atoms with Gasteiger partial charge in [0.15, 0.2) is 0 Å². The summed E-state index contributed by atoms with van der Waals surface area (Å²) in [5.41, 5.74) is 2.47. The van der Waals surface area contributed by atoms with Crippen LogP contribution in [-0.2, 0) is 9.53 Å². The summed E-state index contributed by atoms with van der Waals surface area (Å²) in [5, 5.41) is 0. The maximum absolute atomic E-state index is 11.4. The van der Waals surface area contributed by atoms with E-state index in [0.29, 0.717) is 10.8 Å². The summed E-state index contributed by atoms with van der Waals surface area (Å²) in [4.78, 5) is 13.9. The molecule has 6 atom stereocenters. The van der Waals surface area contributed by atoms with Gasteiger partial charge in [0.25, 0.3) is 0 Å². The number of piperidine rings is 1. The van der Waals surface area contributed by atoms with Crippen molar-refractivity contribution in [3.63, 3.8) is 0 Å². The molecule has 3 nitrogen and oxygen atoms in total. The minimum absolute atomic E-state index is 0.116. The van der Waals surface area contributed by atoms with Crippen LogP contribution in [0.3, 0.4) is 0 Å². The maximum Gasteiger partial charge on any atom is 0.302 e. The number of carbonyl (C=O) groups excluding carboxylic acids is 1. The number of hydrogen-bond acceptors (Lipinski definition) is 3. The second-order valence-corrected chi connectivity index (χ2v) is 9.95. The van der Waals surface area contributed by atoms with E-state index in [1.54, 1.807) is 12.5 Å². The first-order valence-corrected chi connectivity index (χ1v) is 10.4. The Labute approximate surface area is 153 Å². The number of esters is 1. The number of fused-ring (bicyclic) bond motifs is 5. The van der Waals surface area contributed by atoms with Gasteiger partial charge < -0.3 is 9.64 Å². The zero-order chi connectivity index (χ0) is 17.8. The molecule has 0 N–H and O–H groups in total. The van der Waals surface area contributed by atoms with Crippen LogP contribution in [0.4, 0.5) is 0 Å². The first-order valence-electron chi connectivity index (χ1n) is 10.4. The maximum atomic E-state index is 11.4. The molecule has 2 saturated carbocycles. The van der Waals surface area contributed by atoms with Gasteiger partial charge in [-0.05, 0) is 80.7 Å². The summed E-state index contributed by atoms with van der Waals surface area (Å²) in [7, 11) is 2.30. The van der Waals surface area contributed by atoms with Gasteiger partial charge in [0.1, 0.15) is 6.10 Å². The van der Waals surface area contributed by atoms with Gasteiger partial charge in [-0.2, -0.15) is 0 Å². The van der Waals surface area contributed by atoms with Gasteiger partial charge >= 0.3 is 5.97 Å². The van der Waals surface area contributed by atoms with Crippen molar-refractivity contribution < 1.29 is 9.53 Å². The van der Waals surface area contributed by atoms with Crippen LogP contribution < -0.4 is 0 Å². The molecule has 0 aromatic rings. The molecule has 4 rings (SSSR count). The highest BCUT2D eigenvalue weighted by Gasteiger charge is 2.55. The topological polar surface area (TPSA) is 29.5 Å². The third-order valence-electron chi connectivity index (χ3n) is 8.36. The minimum atomic E-state index is -0.123. The zero-order valence-corrected chi connectivity index (χ0v) is 16.5. The van der Waals surface area contributed by atoms with Crippen LogP contribution in [0.1, 0.15) is 65.7 Å². The Morgan fingerprint density at radius 2 is 2.00 bits per heavy atom. The fourth-order valence-corrected chi connectivity index (χ4v) is 7.17. The first-order chi connectivity index (χ1) is 11.8. The molecular weight excluding hydrogens is 310 g/mol. The Hall–Kier alpha value is -0.830. The van der Waals surface area contributed by atoms with Crippen LogP contribution in [0.2, 0.25) is 0 Å². The fourth-order valence-electron chi connectivity index (χ4n) is 7.17. The van der Waals surface area contributed by atoms with Crippen LogP contribution in [-0.4, -0.2) is 37.1 Å². The number of carbonyl (C=O) groups is 1. The molecule has 3 heteroatoms. The Bertz CT molecular complexity index is 585. The Balaban J connectivity index is 1.57.